The first kappa shape index (κ1) is 17.4. The molecule has 3 rings (SSSR count). The topological polar surface area (TPSA) is 78.8 Å². The van der Waals surface area contributed by atoms with E-state index >= 15 is 0 Å². The standard InChI is InChI=1S/C18H13BrN2O3S/c1-10-2-5-12(17(23)24)9-14(10)20-18-21-16(22)15(25-18)8-11-3-6-13(19)7-4-11/h2-9H,1H3,(H,23,24)(H,20,21,22). The second kappa shape index (κ2) is 7.25. The Morgan fingerprint density at radius 3 is 2.64 bits per heavy atom. The molecule has 0 aliphatic carbocycles. The number of hydrogen-bond donors (Lipinski definition) is 2. The maximum absolute atomic E-state index is 12.1. The summed E-state index contributed by atoms with van der Waals surface area (Å²) in [7, 11) is 0. The van der Waals surface area contributed by atoms with Crippen molar-refractivity contribution in [1.29, 1.82) is 0 Å². The van der Waals surface area contributed by atoms with E-state index in [4.69, 9.17) is 5.11 Å². The maximum atomic E-state index is 12.1. The highest BCUT2D eigenvalue weighted by Gasteiger charge is 2.24. The molecular weight excluding hydrogens is 404 g/mol. The highest BCUT2D eigenvalue weighted by molar-refractivity contribution is 9.10. The molecule has 0 aromatic heterocycles. The van der Waals surface area contributed by atoms with Crippen LogP contribution >= 0.6 is 27.7 Å². The van der Waals surface area contributed by atoms with Crippen molar-refractivity contribution in [2.24, 2.45) is 4.99 Å². The monoisotopic (exact) mass is 416 g/mol. The van der Waals surface area contributed by atoms with Crippen LogP contribution in [0.1, 0.15) is 21.5 Å². The Balaban J connectivity index is 1.87. The second-order valence-corrected chi connectivity index (χ2v) is 7.29. The van der Waals surface area contributed by atoms with Crippen LogP contribution in [0.15, 0.2) is 56.8 Å². The van der Waals surface area contributed by atoms with E-state index in [0.29, 0.717) is 15.8 Å². The van der Waals surface area contributed by atoms with Crippen LogP contribution in [-0.2, 0) is 4.79 Å². The first-order chi connectivity index (χ1) is 11.9. The van der Waals surface area contributed by atoms with Crippen LogP contribution in [0.2, 0.25) is 0 Å². The van der Waals surface area contributed by atoms with Gasteiger partial charge in [-0.25, -0.2) is 9.79 Å². The number of rotatable bonds is 3. The van der Waals surface area contributed by atoms with Crippen LogP contribution in [0.5, 0.6) is 0 Å². The van der Waals surface area contributed by atoms with E-state index < -0.39 is 5.97 Å². The molecule has 1 amide bonds. The van der Waals surface area contributed by atoms with E-state index in [-0.39, 0.29) is 11.5 Å². The molecule has 0 radical (unpaired) electrons. The van der Waals surface area contributed by atoms with E-state index in [2.05, 4.69) is 26.2 Å². The number of hydrogen-bond acceptors (Lipinski definition) is 4. The Labute approximate surface area is 157 Å². The number of amides is 1. The van der Waals surface area contributed by atoms with Crippen molar-refractivity contribution >= 4 is 56.5 Å². The molecule has 1 fully saturated rings. The number of amidine groups is 1. The van der Waals surface area contributed by atoms with Gasteiger partial charge in [-0.3, -0.25) is 4.79 Å². The van der Waals surface area contributed by atoms with Crippen LogP contribution in [-0.4, -0.2) is 22.2 Å². The number of aryl methyl sites for hydroxylation is 1. The molecule has 0 unspecified atom stereocenters. The van der Waals surface area contributed by atoms with Gasteiger partial charge in [0.1, 0.15) is 0 Å². The van der Waals surface area contributed by atoms with Gasteiger partial charge in [0.15, 0.2) is 5.17 Å². The van der Waals surface area contributed by atoms with E-state index in [1.807, 2.05) is 31.2 Å². The highest BCUT2D eigenvalue weighted by atomic mass is 79.9. The van der Waals surface area contributed by atoms with Gasteiger partial charge in [0.05, 0.1) is 16.2 Å². The number of aliphatic imine (C=N–C) groups is 1. The number of carboxylic acid groups (broad SMARTS) is 1. The predicted octanol–water partition coefficient (Wildman–Crippen LogP) is 4.35. The summed E-state index contributed by atoms with van der Waals surface area (Å²) in [6.45, 7) is 1.84. The molecule has 2 aromatic rings. The summed E-state index contributed by atoms with van der Waals surface area (Å²) in [5.41, 5.74) is 2.42. The third-order valence-corrected chi connectivity index (χ3v) is 4.94. The molecule has 5 nitrogen and oxygen atoms in total. The summed E-state index contributed by atoms with van der Waals surface area (Å²) >= 11 is 4.60. The minimum atomic E-state index is -1.01. The highest BCUT2D eigenvalue weighted by Crippen LogP contribution is 2.29. The van der Waals surface area contributed by atoms with Crippen LogP contribution in [0.3, 0.4) is 0 Å². The van der Waals surface area contributed by atoms with Gasteiger partial charge in [0, 0.05) is 4.47 Å². The molecule has 2 N–H and O–H groups in total. The second-order valence-electron chi connectivity index (χ2n) is 5.34. The number of carbonyl (C=O) groups is 2. The van der Waals surface area contributed by atoms with Crippen LogP contribution in [0, 0.1) is 6.92 Å². The SMILES string of the molecule is Cc1ccc(C(=O)O)cc1N=C1NC(=O)C(=Cc2ccc(Br)cc2)S1. The third-order valence-electron chi connectivity index (χ3n) is 3.50. The summed E-state index contributed by atoms with van der Waals surface area (Å²) in [4.78, 5) is 28.1. The zero-order valence-electron chi connectivity index (χ0n) is 13.1. The lowest BCUT2D eigenvalue weighted by Crippen LogP contribution is -2.19. The summed E-state index contributed by atoms with van der Waals surface area (Å²) < 4.78 is 0.967. The average molecular weight is 417 g/mol. The van der Waals surface area contributed by atoms with Gasteiger partial charge in [-0.15, -0.1) is 0 Å². The average Bonchev–Trinajstić information content (AvgIpc) is 2.91. The Morgan fingerprint density at radius 2 is 1.96 bits per heavy atom. The molecule has 0 atom stereocenters. The van der Waals surface area contributed by atoms with Crippen molar-refractivity contribution in [3.8, 4) is 0 Å². The lowest BCUT2D eigenvalue weighted by molar-refractivity contribution is -0.115. The van der Waals surface area contributed by atoms with E-state index in [1.54, 1.807) is 12.1 Å². The normalized spacial score (nSPS) is 17.1. The van der Waals surface area contributed by atoms with Gasteiger partial charge in [-0.2, -0.15) is 0 Å². The zero-order valence-corrected chi connectivity index (χ0v) is 15.5. The van der Waals surface area contributed by atoms with Crippen molar-refractivity contribution in [3.05, 3.63) is 68.5 Å². The lowest BCUT2D eigenvalue weighted by atomic mass is 10.1. The third kappa shape index (κ3) is 4.18. The van der Waals surface area contributed by atoms with E-state index in [0.717, 1.165) is 15.6 Å². The number of carboxylic acids is 1. The molecule has 1 aliphatic rings. The fourth-order valence-corrected chi connectivity index (χ4v) is 3.26. The lowest BCUT2D eigenvalue weighted by Gasteiger charge is -2.03. The Kier molecular flexibility index (Phi) is 5.06. The quantitative estimate of drug-likeness (QED) is 0.728. The fourth-order valence-electron chi connectivity index (χ4n) is 2.16. The summed E-state index contributed by atoms with van der Waals surface area (Å²) in [6.07, 6.45) is 1.79. The predicted molar refractivity (Wildman–Crippen MR) is 103 cm³/mol. The number of aromatic carboxylic acids is 1. The fraction of sp³-hybridized carbons (Fsp3) is 0.0556. The maximum Gasteiger partial charge on any atom is 0.335 e. The molecule has 0 bridgehead atoms. The largest absolute Gasteiger partial charge is 0.478 e. The smallest absolute Gasteiger partial charge is 0.335 e. The van der Waals surface area contributed by atoms with Crippen molar-refractivity contribution in [2.45, 2.75) is 6.92 Å². The van der Waals surface area contributed by atoms with Crippen molar-refractivity contribution < 1.29 is 14.7 Å². The van der Waals surface area contributed by atoms with Gasteiger partial charge >= 0.3 is 5.97 Å². The summed E-state index contributed by atoms with van der Waals surface area (Å²) in [6, 6.07) is 12.3. The Hall–Kier alpha value is -2.38. The minimum absolute atomic E-state index is 0.157. The molecular formula is C18H13BrN2O3S. The molecule has 0 saturated carbocycles. The number of benzene rings is 2. The first-order valence-corrected chi connectivity index (χ1v) is 8.92. The minimum Gasteiger partial charge on any atom is -0.478 e. The van der Waals surface area contributed by atoms with Crippen molar-refractivity contribution in [2.75, 3.05) is 0 Å². The molecule has 25 heavy (non-hydrogen) atoms. The molecule has 1 aliphatic heterocycles. The van der Waals surface area contributed by atoms with Gasteiger partial charge in [0.25, 0.3) is 5.91 Å². The van der Waals surface area contributed by atoms with Gasteiger partial charge in [-0.05, 0) is 60.2 Å². The summed E-state index contributed by atoms with van der Waals surface area (Å²) in [5, 5.41) is 12.2. The van der Waals surface area contributed by atoms with Gasteiger partial charge < -0.3 is 10.4 Å². The Bertz CT molecular complexity index is 920. The van der Waals surface area contributed by atoms with E-state index in [1.165, 1.54) is 23.9 Å². The Morgan fingerprint density at radius 1 is 1.24 bits per heavy atom. The number of carbonyl (C=O) groups excluding carboxylic acids is 1. The van der Waals surface area contributed by atoms with Crippen LogP contribution < -0.4 is 5.32 Å². The molecule has 1 heterocycles. The number of halogens is 1. The van der Waals surface area contributed by atoms with Crippen LogP contribution in [0.4, 0.5) is 5.69 Å². The summed E-state index contributed by atoms with van der Waals surface area (Å²) in [5.74, 6) is -1.24. The number of nitrogens with one attached hydrogen (secondary N) is 1. The first-order valence-electron chi connectivity index (χ1n) is 7.31. The molecule has 0 spiro atoms. The van der Waals surface area contributed by atoms with Crippen molar-refractivity contribution in [1.82, 2.24) is 5.32 Å². The zero-order chi connectivity index (χ0) is 18.0. The molecule has 2 aromatic carbocycles. The van der Waals surface area contributed by atoms with Gasteiger partial charge in [0.2, 0.25) is 0 Å². The van der Waals surface area contributed by atoms with Crippen LogP contribution in [0.25, 0.3) is 6.08 Å². The number of thioether (sulfide) groups is 1. The molecule has 126 valence electrons. The van der Waals surface area contributed by atoms with Gasteiger partial charge in [-0.1, -0.05) is 34.1 Å². The molecule has 7 heteroatoms. The van der Waals surface area contributed by atoms with Crippen molar-refractivity contribution in [3.63, 3.8) is 0 Å². The van der Waals surface area contributed by atoms with E-state index in [9.17, 15) is 9.59 Å². The number of nitrogens with zero attached hydrogens (tertiary/aromatic N) is 1. The molecule has 1 saturated heterocycles.